The second-order valence-electron chi connectivity index (χ2n) is 5.66. The third-order valence-corrected chi connectivity index (χ3v) is 5.35. The molecule has 114 valence electrons. The predicted molar refractivity (Wildman–Crippen MR) is 81.4 cm³/mol. The van der Waals surface area contributed by atoms with Crippen LogP contribution in [0.15, 0.2) is 23.4 Å². The lowest BCUT2D eigenvalue weighted by Crippen LogP contribution is -2.41. The van der Waals surface area contributed by atoms with Crippen LogP contribution >= 0.6 is 0 Å². The van der Waals surface area contributed by atoms with Gasteiger partial charge < -0.3 is 4.55 Å². The lowest BCUT2D eigenvalue weighted by molar-refractivity contribution is 0.518. The largest absolute Gasteiger partial charge is 0.598 e. The Morgan fingerprint density at radius 1 is 1.45 bits per heavy atom. The van der Waals surface area contributed by atoms with Gasteiger partial charge in [-0.2, -0.15) is 0 Å². The van der Waals surface area contributed by atoms with Crippen LogP contribution in [0.4, 0.5) is 0 Å². The van der Waals surface area contributed by atoms with E-state index in [9.17, 15) is 13.0 Å². The van der Waals surface area contributed by atoms with Crippen LogP contribution in [0, 0.1) is 0 Å². The molecule has 0 aromatic carbocycles. The Morgan fingerprint density at radius 3 is 2.50 bits per heavy atom. The second kappa shape index (κ2) is 6.43. The van der Waals surface area contributed by atoms with Crippen LogP contribution in [0.25, 0.3) is 0 Å². The number of sulfone groups is 1. The highest BCUT2D eigenvalue weighted by atomic mass is 32.2. The van der Waals surface area contributed by atoms with Gasteiger partial charge in [-0.3, -0.25) is 0 Å². The maximum absolute atomic E-state index is 12.2. The molecular weight excluding hydrogens is 296 g/mol. The van der Waals surface area contributed by atoms with Crippen molar-refractivity contribution >= 4 is 21.2 Å². The van der Waals surface area contributed by atoms with Crippen molar-refractivity contribution in [1.82, 2.24) is 9.71 Å². The molecule has 1 rings (SSSR count). The molecule has 1 heterocycles. The van der Waals surface area contributed by atoms with E-state index < -0.39 is 21.2 Å². The minimum absolute atomic E-state index is 0.0387. The molecule has 20 heavy (non-hydrogen) atoms. The molecule has 0 aliphatic carbocycles. The van der Waals surface area contributed by atoms with E-state index in [4.69, 9.17) is 0 Å². The quantitative estimate of drug-likeness (QED) is 0.840. The Hall–Kier alpha value is -0.630. The molecule has 0 bridgehead atoms. The molecule has 2 atom stereocenters. The minimum atomic E-state index is -3.34. The maximum Gasteiger partial charge on any atom is 0.192 e. The number of aromatic nitrogens is 1. The van der Waals surface area contributed by atoms with Crippen LogP contribution in [0.2, 0.25) is 0 Å². The Labute approximate surface area is 124 Å². The summed E-state index contributed by atoms with van der Waals surface area (Å²) in [6.45, 7) is 7.62. The zero-order valence-electron chi connectivity index (χ0n) is 12.5. The monoisotopic (exact) mass is 318 g/mol. The minimum Gasteiger partial charge on any atom is -0.598 e. The average Bonchev–Trinajstić information content (AvgIpc) is 2.33. The van der Waals surface area contributed by atoms with Gasteiger partial charge in [-0.15, -0.1) is 4.72 Å². The molecule has 1 aromatic rings. The van der Waals surface area contributed by atoms with Crippen LogP contribution < -0.4 is 4.72 Å². The molecule has 0 aliphatic heterocycles. The van der Waals surface area contributed by atoms with Gasteiger partial charge in [0.1, 0.15) is 4.75 Å². The smallest absolute Gasteiger partial charge is 0.192 e. The summed E-state index contributed by atoms with van der Waals surface area (Å²) in [5, 5.41) is 0.0387. The summed E-state index contributed by atoms with van der Waals surface area (Å²) in [6.07, 6.45) is 3.30. The highest BCUT2D eigenvalue weighted by molar-refractivity contribution is 7.91. The molecule has 0 spiro atoms. The topological polar surface area (TPSA) is 82.1 Å². The Kier molecular flexibility index (Phi) is 5.60. The summed E-state index contributed by atoms with van der Waals surface area (Å²) in [4.78, 5) is 3.86. The van der Waals surface area contributed by atoms with E-state index in [1.54, 1.807) is 6.07 Å². The molecule has 1 unspecified atom stereocenters. The number of pyridine rings is 1. The Morgan fingerprint density at radius 2 is 2.05 bits per heavy atom. The third kappa shape index (κ3) is 4.73. The molecule has 0 amide bonds. The van der Waals surface area contributed by atoms with Crippen molar-refractivity contribution in [2.75, 3.05) is 6.26 Å². The molecule has 7 heteroatoms. The summed E-state index contributed by atoms with van der Waals surface area (Å²) < 4.78 is 37.9. The van der Waals surface area contributed by atoms with E-state index in [1.807, 2.05) is 27.7 Å². The van der Waals surface area contributed by atoms with Crippen LogP contribution in [-0.2, 0) is 21.2 Å². The van der Waals surface area contributed by atoms with Crippen molar-refractivity contribution in [3.05, 3.63) is 23.9 Å². The van der Waals surface area contributed by atoms with Gasteiger partial charge >= 0.3 is 0 Å². The summed E-state index contributed by atoms with van der Waals surface area (Å²) in [5.74, 6) is 0. The van der Waals surface area contributed by atoms with Crippen LogP contribution in [-0.4, -0.2) is 29.0 Å². The number of hydrogen-bond acceptors (Lipinski definition) is 5. The van der Waals surface area contributed by atoms with Gasteiger partial charge in [0, 0.05) is 23.8 Å². The van der Waals surface area contributed by atoms with Crippen LogP contribution in [0.1, 0.15) is 45.7 Å². The van der Waals surface area contributed by atoms with Crippen LogP contribution in [0.3, 0.4) is 0 Å². The van der Waals surface area contributed by atoms with Gasteiger partial charge in [0.25, 0.3) is 0 Å². The normalized spacial score (nSPS) is 15.9. The first kappa shape index (κ1) is 17.4. The SMILES string of the molecule is CC[C@H](N[S+]([O-])C(C)(C)C)c1ccnc(S(C)(=O)=O)c1. The number of hydrogen-bond donors (Lipinski definition) is 1. The van der Waals surface area contributed by atoms with Gasteiger partial charge in [-0.25, -0.2) is 13.4 Å². The van der Waals surface area contributed by atoms with Gasteiger partial charge in [0.2, 0.25) is 0 Å². The Balaban J connectivity index is 3.02. The first-order valence-electron chi connectivity index (χ1n) is 6.39. The van der Waals surface area contributed by atoms with E-state index in [2.05, 4.69) is 9.71 Å². The van der Waals surface area contributed by atoms with E-state index in [0.29, 0.717) is 6.42 Å². The number of nitrogens with zero attached hydrogens (tertiary/aromatic N) is 1. The van der Waals surface area contributed by atoms with Crippen LogP contribution in [0.5, 0.6) is 0 Å². The standard InChI is InChI=1S/C13H22N2O3S2/c1-6-11(15-19(16)13(2,3)4)10-7-8-14-12(9-10)20(5,17)18/h7-9,11,15H,6H2,1-5H3/t11-,19?/m0/s1. The highest BCUT2D eigenvalue weighted by Gasteiger charge is 2.29. The maximum atomic E-state index is 12.2. The summed E-state index contributed by atoms with van der Waals surface area (Å²) in [5.41, 5.74) is 0.778. The van der Waals surface area contributed by atoms with Crippen molar-refractivity contribution < 1.29 is 13.0 Å². The van der Waals surface area contributed by atoms with E-state index in [1.165, 1.54) is 12.3 Å². The first-order valence-corrected chi connectivity index (χ1v) is 9.44. The lowest BCUT2D eigenvalue weighted by atomic mass is 10.1. The fraction of sp³-hybridized carbons (Fsp3) is 0.615. The molecule has 5 nitrogen and oxygen atoms in total. The highest BCUT2D eigenvalue weighted by Crippen LogP contribution is 2.23. The molecule has 1 aromatic heterocycles. The predicted octanol–water partition coefficient (Wildman–Crippen LogP) is 1.99. The van der Waals surface area contributed by atoms with Gasteiger partial charge in [0.05, 0.1) is 6.04 Å². The fourth-order valence-electron chi connectivity index (χ4n) is 1.54. The van der Waals surface area contributed by atoms with E-state index in [0.717, 1.165) is 11.8 Å². The molecule has 0 fully saturated rings. The number of nitrogens with one attached hydrogen (secondary N) is 1. The number of rotatable bonds is 5. The molecule has 0 saturated heterocycles. The van der Waals surface area contributed by atoms with Crippen molar-refractivity contribution in [1.29, 1.82) is 0 Å². The van der Waals surface area contributed by atoms with Crippen molar-refractivity contribution in [3.63, 3.8) is 0 Å². The average molecular weight is 318 g/mol. The molecule has 0 aliphatic rings. The van der Waals surface area contributed by atoms with Gasteiger partial charge in [-0.05, 0) is 44.9 Å². The molecule has 0 radical (unpaired) electrons. The van der Waals surface area contributed by atoms with E-state index in [-0.39, 0.29) is 15.8 Å². The van der Waals surface area contributed by atoms with Gasteiger partial charge in [0.15, 0.2) is 14.9 Å². The Bertz CT molecular complexity index is 553. The van der Waals surface area contributed by atoms with Gasteiger partial charge in [-0.1, -0.05) is 6.92 Å². The van der Waals surface area contributed by atoms with E-state index >= 15 is 0 Å². The summed E-state index contributed by atoms with van der Waals surface area (Å²) >= 11 is -1.22. The summed E-state index contributed by atoms with van der Waals surface area (Å²) in [6, 6.07) is 3.12. The first-order chi connectivity index (χ1) is 9.05. The zero-order chi connectivity index (χ0) is 15.6. The van der Waals surface area contributed by atoms with Crippen molar-refractivity contribution in [2.24, 2.45) is 0 Å². The zero-order valence-corrected chi connectivity index (χ0v) is 14.1. The molecule has 0 saturated carbocycles. The van der Waals surface area contributed by atoms with Crippen molar-refractivity contribution in [3.8, 4) is 0 Å². The van der Waals surface area contributed by atoms with Crippen molar-refractivity contribution in [2.45, 2.75) is 49.9 Å². The molecule has 1 N–H and O–H groups in total. The lowest BCUT2D eigenvalue weighted by Gasteiger charge is -2.27. The molecular formula is C13H22N2O3S2. The summed E-state index contributed by atoms with van der Waals surface area (Å²) in [7, 11) is -3.34. The fourth-order valence-corrected chi connectivity index (χ4v) is 3.05. The third-order valence-electron chi connectivity index (χ3n) is 2.75. The second-order valence-corrected chi connectivity index (χ2v) is 9.62.